The van der Waals surface area contributed by atoms with Crippen LogP contribution in [0.15, 0.2) is 42.6 Å². The maximum atomic E-state index is 14.4. The van der Waals surface area contributed by atoms with E-state index in [4.69, 9.17) is 34.8 Å². The normalized spacial score (nSPS) is 17.3. The average molecular weight is 635 g/mol. The molecular weight excluding hydrogens is 613 g/mol. The number of Topliss-reactive ketones (excluding diaryl/α,β-unsaturated/α-hetero) is 1. The number of aromatic nitrogens is 2. The molecule has 0 unspecified atom stereocenters. The number of carbonyl (C=O) groups excluding carboxylic acids is 2. The lowest BCUT2D eigenvalue weighted by atomic mass is 9.86. The minimum absolute atomic E-state index is 0.124. The van der Waals surface area contributed by atoms with Gasteiger partial charge >= 0.3 is 12.1 Å². The smallest absolute Gasteiger partial charge is 0.433 e. The number of carboxylic acid groups (broad SMARTS) is 1. The molecule has 0 aliphatic heterocycles. The van der Waals surface area contributed by atoms with Crippen LogP contribution in [0.4, 0.5) is 17.6 Å². The van der Waals surface area contributed by atoms with Crippen LogP contribution >= 0.6 is 34.8 Å². The molecule has 1 saturated carbocycles. The van der Waals surface area contributed by atoms with Crippen LogP contribution in [0.25, 0.3) is 0 Å². The topological polar surface area (TPSA) is 92.5 Å². The second kappa shape index (κ2) is 12.4. The van der Waals surface area contributed by atoms with Crippen molar-refractivity contribution in [1.82, 2.24) is 14.7 Å². The summed E-state index contributed by atoms with van der Waals surface area (Å²) >= 11 is 18.0. The predicted octanol–water partition coefficient (Wildman–Crippen LogP) is 7.34. The van der Waals surface area contributed by atoms with Gasteiger partial charge in [-0.05, 0) is 55.5 Å². The lowest BCUT2D eigenvalue weighted by Gasteiger charge is -2.28. The van der Waals surface area contributed by atoms with Crippen molar-refractivity contribution in [3.05, 3.63) is 85.9 Å². The monoisotopic (exact) mass is 633 g/mol. The molecule has 0 saturated heterocycles. The molecule has 0 bridgehead atoms. The summed E-state index contributed by atoms with van der Waals surface area (Å²) < 4.78 is 58.0. The first kappa shape index (κ1) is 30.8. The Hall–Kier alpha value is -3.15. The van der Waals surface area contributed by atoms with Gasteiger partial charge in [0.1, 0.15) is 5.82 Å². The lowest BCUT2D eigenvalue weighted by Crippen LogP contribution is -2.37. The van der Waals surface area contributed by atoms with E-state index in [0.717, 1.165) is 23.2 Å². The summed E-state index contributed by atoms with van der Waals surface area (Å²) in [4.78, 5) is 39.1. The standard InChI is InChI=1S/C27H22Cl3F4N3O4/c28-16-5-1-14(2-6-16)12-36(13-21(38)22-19(29)9-10-20(31)23(22)30)25(39)18-11-35-37(24(18)27(32,33)34)17-7-3-15(4-8-17)26(40)41/h1-2,5-6,9-11,15,17H,3-4,7-8,12-13H2,(H,40,41)/t15-,17-. The van der Waals surface area contributed by atoms with E-state index in [9.17, 15) is 37.1 Å². The van der Waals surface area contributed by atoms with Gasteiger partial charge < -0.3 is 10.0 Å². The molecule has 218 valence electrons. The highest BCUT2D eigenvalue weighted by molar-refractivity contribution is 6.40. The molecule has 1 aliphatic carbocycles. The Morgan fingerprint density at radius 1 is 1.00 bits per heavy atom. The molecular formula is C27H22Cl3F4N3O4. The van der Waals surface area contributed by atoms with E-state index < -0.39 is 70.0 Å². The summed E-state index contributed by atoms with van der Waals surface area (Å²) in [6.07, 6.45) is -3.65. The number of alkyl halides is 3. The highest BCUT2D eigenvalue weighted by atomic mass is 35.5. The number of hydrogen-bond donors (Lipinski definition) is 1. The number of carboxylic acids is 1. The summed E-state index contributed by atoms with van der Waals surface area (Å²) in [7, 11) is 0. The maximum Gasteiger partial charge on any atom is 0.433 e. The van der Waals surface area contributed by atoms with Crippen LogP contribution in [0.1, 0.15) is 63.7 Å². The van der Waals surface area contributed by atoms with Crippen LogP contribution in [0.2, 0.25) is 15.1 Å². The van der Waals surface area contributed by atoms with Gasteiger partial charge in [-0.2, -0.15) is 18.3 Å². The van der Waals surface area contributed by atoms with Crippen molar-refractivity contribution in [1.29, 1.82) is 0 Å². The molecule has 1 amide bonds. The molecule has 1 heterocycles. The van der Waals surface area contributed by atoms with Gasteiger partial charge in [0, 0.05) is 11.6 Å². The predicted molar refractivity (Wildman–Crippen MR) is 143 cm³/mol. The van der Waals surface area contributed by atoms with Crippen LogP contribution in [-0.4, -0.2) is 44.0 Å². The van der Waals surface area contributed by atoms with Gasteiger partial charge in [0.25, 0.3) is 5.91 Å². The zero-order chi connectivity index (χ0) is 30.1. The molecule has 0 atom stereocenters. The quantitative estimate of drug-likeness (QED) is 0.159. The molecule has 1 aliphatic rings. The van der Waals surface area contributed by atoms with Gasteiger partial charge in [-0.15, -0.1) is 0 Å². The maximum absolute atomic E-state index is 14.4. The Labute approximate surface area is 246 Å². The number of benzene rings is 2. The zero-order valence-corrected chi connectivity index (χ0v) is 23.4. The van der Waals surface area contributed by atoms with Crippen LogP contribution in [-0.2, 0) is 17.5 Å². The minimum atomic E-state index is -5.00. The first-order valence-corrected chi connectivity index (χ1v) is 13.5. The summed E-state index contributed by atoms with van der Waals surface area (Å²) in [6.45, 7) is -1.09. The summed E-state index contributed by atoms with van der Waals surface area (Å²) in [5.41, 5.74) is -2.07. The fourth-order valence-electron chi connectivity index (χ4n) is 4.86. The second-order valence-electron chi connectivity index (χ2n) is 9.62. The van der Waals surface area contributed by atoms with Crippen molar-refractivity contribution < 1.29 is 37.1 Å². The first-order chi connectivity index (χ1) is 19.3. The summed E-state index contributed by atoms with van der Waals surface area (Å²) in [5.74, 6) is -4.67. The Balaban J connectivity index is 1.71. The number of amides is 1. The summed E-state index contributed by atoms with van der Waals surface area (Å²) in [6, 6.07) is 7.36. The van der Waals surface area contributed by atoms with Crippen LogP contribution in [0.3, 0.4) is 0 Å². The molecule has 1 N–H and O–H groups in total. The third kappa shape index (κ3) is 6.85. The van der Waals surface area contributed by atoms with Gasteiger partial charge in [-0.25, -0.2) is 4.39 Å². The second-order valence-corrected chi connectivity index (χ2v) is 10.8. The van der Waals surface area contributed by atoms with E-state index in [1.54, 1.807) is 0 Å². The molecule has 41 heavy (non-hydrogen) atoms. The van der Waals surface area contributed by atoms with E-state index >= 15 is 0 Å². The Morgan fingerprint density at radius 2 is 1.63 bits per heavy atom. The van der Waals surface area contributed by atoms with Crippen LogP contribution < -0.4 is 0 Å². The fourth-order valence-corrected chi connectivity index (χ4v) is 5.57. The van der Waals surface area contributed by atoms with Crippen LogP contribution in [0, 0.1) is 11.7 Å². The van der Waals surface area contributed by atoms with E-state index in [-0.39, 0.29) is 37.3 Å². The van der Waals surface area contributed by atoms with E-state index in [1.165, 1.54) is 24.3 Å². The molecule has 1 fully saturated rings. The Morgan fingerprint density at radius 3 is 2.22 bits per heavy atom. The third-order valence-corrected chi connectivity index (χ3v) is 7.85. The van der Waals surface area contributed by atoms with Gasteiger partial charge in [-0.3, -0.25) is 19.1 Å². The largest absolute Gasteiger partial charge is 0.481 e. The third-order valence-electron chi connectivity index (χ3n) is 6.92. The molecule has 2 aromatic carbocycles. The van der Waals surface area contributed by atoms with Crippen molar-refractivity contribution in [3.8, 4) is 0 Å². The highest BCUT2D eigenvalue weighted by Crippen LogP contribution is 2.39. The number of rotatable bonds is 8. The number of nitrogens with zero attached hydrogens (tertiary/aromatic N) is 3. The van der Waals surface area contributed by atoms with Gasteiger partial charge in [0.15, 0.2) is 11.5 Å². The molecule has 14 heteroatoms. The van der Waals surface area contributed by atoms with E-state index in [1.807, 2.05) is 0 Å². The van der Waals surface area contributed by atoms with Gasteiger partial charge in [0.2, 0.25) is 0 Å². The van der Waals surface area contributed by atoms with Crippen molar-refractivity contribution in [2.75, 3.05) is 6.54 Å². The Bertz CT molecular complexity index is 1470. The van der Waals surface area contributed by atoms with Gasteiger partial charge in [-0.1, -0.05) is 46.9 Å². The molecule has 7 nitrogen and oxygen atoms in total. The molecule has 0 spiro atoms. The number of hydrogen-bond acceptors (Lipinski definition) is 4. The van der Waals surface area contributed by atoms with Crippen molar-refractivity contribution in [2.45, 2.75) is 44.4 Å². The molecule has 4 rings (SSSR count). The van der Waals surface area contributed by atoms with Crippen molar-refractivity contribution in [3.63, 3.8) is 0 Å². The van der Waals surface area contributed by atoms with Crippen molar-refractivity contribution >= 4 is 52.5 Å². The minimum Gasteiger partial charge on any atom is -0.481 e. The number of ketones is 1. The zero-order valence-electron chi connectivity index (χ0n) is 21.1. The molecule has 0 radical (unpaired) electrons. The Kier molecular flexibility index (Phi) is 9.30. The van der Waals surface area contributed by atoms with Crippen molar-refractivity contribution in [2.24, 2.45) is 5.92 Å². The number of aliphatic carboxylic acids is 1. The van der Waals surface area contributed by atoms with Gasteiger partial charge in [0.05, 0.1) is 45.9 Å². The summed E-state index contributed by atoms with van der Waals surface area (Å²) in [5, 5.41) is 12.7. The van der Waals surface area contributed by atoms with Crippen LogP contribution in [0.5, 0.6) is 0 Å². The van der Waals surface area contributed by atoms with E-state index in [2.05, 4.69) is 5.10 Å². The highest BCUT2D eigenvalue weighted by Gasteiger charge is 2.43. The average Bonchev–Trinajstić information content (AvgIpc) is 3.38. The lowest BCUT2D eigenvalue weighted by molar-refractivity contribution is -0.147. The molecule has 1 aromatic heterocycles. The number of carbonyl (C=O) groups is 3. The number of halogens is 7. The molecule has 3 aromatic rings. The fraction of sp³-hybridized carbons (Fsp3) is 0.333. The first-order valence-electron chi connectivity index (χ1n) is 12.4. The van der Waals surface area contributed by atoms with E-state index in [0.29, 0.717) is 15.3 Å². The SMILES string of the molecule is O=C(CN(Cc1ccc(Cl)cc1)C(=O)c1cnn([C@H]2CC[C@H](C(=O)O)CC2)c1C(F)(F)F)c1c(Cl)ccc(F)c1Cl.